The maximum absolute atomic E-state index is 12.2. The fourth-order valence-corrected chi connectivity index (χ4v) is 1.94. The van der Waals surface area contributed by atoms with Crippen LogP contribution in [0.3, 0.4) is 0 Å². The summed E-state index contributed by atoms with van der Waals surface area (Å²) < 4.78 is 0. The van der Waals surface area contributed by atoms with Gasteiger partial charge in [0.05, 0.1) is 12.0 Å². The second kappa shape index (κ2) is 8.84. The summed E-state index contributed by atoms with van der Waals surface area (Å²) in [5, 5.41) is 16.3. The second-order valence-corrected chi connectivity index (χ2v) is 5.36. The number of nitro groups is 1. The smallest absolute Gasteiger partial charge is 0.292 e. The van der Waals surface area contributed by atoms with Crippen LogP contribution in [-0.2, 0) is 9.59 Å². The summed E-state index contributed by atoms with van der Waals surface area (Å²) in [4.78, 5) is 35.0. The molecule has 1 aromatic rings. The number of nitro benzene ring substituents is 1. The zero-order valence-electron chi connectivity index (χ0n) is 13.6. The zero-order chi connectivity index (χ0) is 17.4. The molecule has 8 nitrogen and oxygen atoms in total. The summed E-state index contributed by atoms with van der Waals surface area (Å²) in [6.45, 7) is 4.39. The minimum atomic E-state index is -0.547. The van der Waals surface area contributed by atoms with Crippen LogP contribution < -0.4 is 15.5 Å². The van der Waals surface area contributed by atoms with Gasteiger partial charge >= 0.3 is 0 Å². The highest BCUT2D eigenvalue weighted by Gasteiger charge is 2.25. The third-order valence-electron chi connectivity index (χ3n) is 3.50. The summed E-state index contributed by atoms with van der Waals surface area (Å²) in [5.74, 6) is -0.505. The van der Waals surface area contributed by atoms with Crippen molar-refractivity contribution in [3.63, 3.8) is 0 Å². The summed E-state index contributed by atoms with van der Waals surface area (Å²) >= 11 is 0. The van der Waals surface area contributed by atoms with Gasteiger partial charge in [0.15, 0.2) is 12.6 Å². The average Bonchev–Trinajstić information content (AvgIpc) is 2.52. The predicted octanol–water partition coefficient (Wildman–Crippen LogP) is -0.0373. The minimum absolute atomic E-state index is 0.130. The Balaban J connectivity index is 2.67. The number of benzene rings is 1. The van der Waals surface area contributed by atoms with Crippen LogP contribution in [0.2, 0.25) is 0 Å². The standard InChI is InChI=1S/C15H22N4O4/c1-4-9-16-14(20)10-18(3)11(2)15(21)17-12-7-5-6-8-13(12)19(22)23/h5-8,11H,4,9-10H2,1-3H3,(H,16,20)(H,17,21)/p+1/t11-/m1/s1. The van der Waals surface area contributed by atoms with Crippen molar-refractivity contribution >= 4 is 23.2 Å². The Labute approximate surface area is 135 Å². The zero-order valence-corrected chi connectivity index (χ0v) is 13.6. The summed E-state index contributed by atoms with van der Waals surface area (Å²) in [7, 11) is 1.73. The first-order valence-corrected chi connectivity index (χ1v) is 7.50. The molecule has 0 fully saturated rings. The Bertz CT molecular complexity index is 576. The molecular weight excluding hydrogens is 300 g/mol. The van der Waals surface area contributed by atoms with Crippen molar-refractivity contribution in [3.8, 4) is 0 Å². The van der Waals surface area contributed by atoms with Gasteiger partial charge in [0, 0.05) is 12.6 Å². The molecule has 8 heteroatoms. The van der Waals surface area contributed by atoms with E-state index in [2.05, 4.69) is 10.6 Å². The molecule has 3 N–H and O–H groups in total. The van der Waals surface area contributed by atoms with Gasteiger partial charge in [-0.1, -0.05) is 19.1 Å². The highest BCUT2D eigenvalue weighted by Crippen LogP contribution is 2.22. The molecule has 0 heterocycles. The molecule has 0 saturated carbocycles. The summed E-state index contributed by atoms with van der Waals surface area (Å²) in [6, 6.07) is 5.43. The van der Waals surface area contributed by atoms with E-state index < -0.39 is 11.0 Å². The first kappa shape index (κ1) is 18.6. The molecule has 0 spiro atoms. The lowest BCUT2D eigenvalue weighted by atomic mass is 10.2. The van der Waals surface area contributed by atoms with E-state index >= 15 is 0 Å². The summed E-state index contributed by atoms with van der Waals surface area (Å²) in [5.41, 5.74) is -0.0102. The SMILES string of the molecule is CCCNC(=O)C[NH+](C)[C@H](C)C(=O)Nc1ccccc1[N+](=O)[O-]. The van der Waals surface area contributed by atoms with Crippen molar-refractivity contribution < 1.29 is 19.4 Å². The molecule has 2 amide bonds. The maximum Gasteiger partial charge on any atom is 0.292 e. The van der Waals surface area contributed by atoms with Crippen LogP contribution in [0.15, 0.2) is 24.3 Å². The predicted molar refractivity (Wildman–Crippen MR) is 86.2 cm³/mol. The first-order chi connectivity index (χ1) is 10.9. The number of nitrogens with one attached hydrogen (secondary N) is 3. The van der Waals surface area contributed by atoms with Crippen LogP contribution in [-0.4, -0.2) is 42.9 Å². The van der Waals surface area contributed by atoms with Crippen LogP contribution in [0.4, 0.5) is 11.4 Å². The number of quaternary nitrogens is 1. The normalized spacial score (nSPS) is 13.0. The van der Waals surface area contributed by atoms with E-state index in [-0.39, 0.29) is 29.7 Å². The van der Waals surface area contributed by atoms with Gasteiger partial charge in [0.2, 0.25) is 0 Å². The largest absolute Gasteiger partial charge is 0.351 e. The Kier molecular flexibility index (Phi) is 7.14. The van der Waals surface area contributed by atoms with E-state index in [9.17, 15) is 19.7 Å². The fraction of sp³-hybridized carbons (Fsp3) is 0.467. The van der Waals surface area contributed by atoms with E-state index in [4.69, 9.17) is 0 Å². The molecule has 1 aromatic carbocycles. The Morgan fingerprint density at radius 2 is 2.00 bits per heavy atom. The van der Waals surface area contributed by atoms with Crippen molar-refractivity contribution in [3.05, 3.63) is 34.4 Å². The highest BCUT2D eigenvalue weighted by molar-refractivity contribution is 5.95. The highest BCUT2D eigenvalue weighted by atomic mass is 16.6. The number of nitrogens with zero attached hydrogens (tertiary/aromatic N) is 1. The Hall–Kier alpha value is -2.48. The molecule has 0 aliphatic heterocycles. The molecule has 2 atom stereocenters. The molecular formula is C15H23N4O4+. The van der Waals surface area contributed by atoms with Gasteiger partial charge in [-0.25, -0.2) is 0 Å². The van der Waals surface area contributed by atoms with E-state index in [1.165, 1.54) is 18.2 Å². The number of para-hydroxylation sites is 2. The number of anilines is 1. The van der Waals surface area contributed by atoms with E-state index in [1.807, 2.05) is 6.92 Å². The van der Waals surface area contributed by atoms with E-state index in [0.29, 0.717) is 11.4 Å². The molecule has 0 aromatic heterocycles. The number of hydrogen-bond acceptors (Lipinski definition) is 4. The van der Waals surface area contributed by atoms with Crippen LogP contribution in [0.5, 0.6) is 0 Å². The molecule has 0 aliphatic rings. The van der Waals surface area contributed by atoms with E-state index in [1.54, 1.807) is 20.0 Å². The lowest BCUT2D eigenvalue weighted by Gasteiger charge is -2.20. The lowest BCUT2D eigenvalue weighted by molar-refractivity contribution is -0.885. The van der Waals surface area contributed by atoms with Gasteiger partial charge in [-0.05, 0) is 19.4 Å². The lowest BCUT2D eigenvalue weighted by Crippen LogP contribution is -3.15. The molecule has 0 radical (unpaired) electrons. The number of carbonyl (C=O) groups excluding carboxylic acids is 2. The van der Waals surface area contributed by atoms with Crippen LogP contribution in [0.1, 0.15) is 20.3 Å². The molecule has 23 heavy (non-hydrogen) atoms. The molecule has 0 bridgehead atoms. The first-order valence-electron chi connectivity index (χ1n) is 7.50. The van der Waals surface area contributed by atoms with Crippen LogP contribution in [0, 0.1) is 10.1 Å². The minimum Gasteiger partial charge on any atom is -0.351 e. The summed E-state index contributed by atoms with van der Waals surface area (Å²) in [6.07, 6.45) is 0.846. The van der Waals surface area contributed by atoms with Gasteiger partial charge < -0.3 is 15.5 Å². The average molecular weight is 323 g/mol. The number of carbonyl (C=O) groups is 2. The Morgan fingerprint density at radius 1 is 1.35 bits per heavy atom. The molecule has 0 saturated heterocycles. The number of amides is 2. The van der Waals surface area contributed by atoms with E-state index in [0.717, 1.165) is 6.42 Å². The maximum atomic E-state index is 12.2. The molecule has 0 aliphatic carbocycles. The van der Waals surface area contributed by atoms with Crippen molar-refractivity contribution in [1.29, 1.82) is 0 Å². The van der Waals surface area contributed by atoms with Gasteiger partial charge in [-0.3, -0.25) is 19.7 Å². The second-order valence-electron chi connectivity index (χ2n) is 5.36. The van der Waals surface area contributed by atoms with Gasteiger partial charge in [0.25, 0.3) is 17.5 Å². The third-order valence-corrected chi connectivity index (χ3v) is 3.50. The quantitative estimate of drug-likeness (QED) is 0.461. The van der Waals surface area contributed by atoms with Crippen molar-refractivity contribution in [2.24, 2.45) is 0 Å². The van der Waals surface area contributed by atoms with Gasteiger partial charge in [-0.2, -0.15) is 0 Å². The van der Waals surface area contributed by atoms with Gasteiger partial charge in [-0.15, -0.1) is 0 Å². The molecule has 1 unspecified atom stereocenters. The van der Waals surface area contributed by atoms with Gasteiger partial charge in [0.1, 0.15) is 5.69 Å². The molecule has 1 rings (SSSR count). The third kappa shape index (κ3) is 5.67. The topological polar surface area (TPSA) is 106 Å². The number of rotatable bonds is 8. The number of likely N-dealkylation sites (N-methyl/N-ethyl adjacent to an activating group) is 1. The van der Waals surface area contributed by atoms with Crippen LogP contribution in [0.25, 0.3) is 0 Å². The van der Waals surface area contributed by atoms with Crippen molar-refractivity contribution in [2.75, 3.05) is 25.5 Å². The van der Waals surface area contributed by atoms with Crippen molar-refractivity contribution in [1.82, 2.24) is 5.32 Å². The van der Waals surface area contributed by atoms with Crippen molar-refractivity contribution in [2.45, 2.75) is 26.3 Å². The van der Waals surface area contributed by atoms with Crippen LogP contribution >= 0.6 is 0 Å². The fourth-order valence-electron chi connectivity index (χ4n) is 1.94. The molecule has 126 valence electrons. The Morgan fingerprint density at radius 3 is 2.61 bits per heavy atom. The number of hydrogen-bond donors (Lipinski definition) is 3. The monoisotopic (exact) mass is 323 g/mol.